The first-order valence-corrected chi connectivity index (χ1v) is 15.2. The number of para-hydroxylation sites is 1. The quantitative estimate of drug-likeness (QED) is 0.161. The Labute approximate surface area is 262 Å². The van der Waals surface area contributed by atoms with Crippen LogP contribution in [0.5, 0.6) is 11.5 Å². The van der Waals surface area contributed by atoms with Crippen LogP contribution < -0.4 is 25.4 Å². The molecule has 5 aromatic rings. The maximum atomic E-state index is 13.9. The summed E-state index contributed by atoms with van der Waals surface area (Å²) in [5, 5.41) is 9.08. The Morgan fingerprint density at radius 3 is 2.56 bits per heavy atom. The number of halogens is 2. The lowest BCUT2D eigenvalue weighted by Crippen LogP contribution is -2.44. The number of hydrogen-bond acceptors (Lipinski definition) is 10. The van der Waals surface area contributed by atoms with E-state index >= 15 is 0 Å². The van der Waals surface area contributed by atoms with Crippen molar-refractivity contribution in [2.75, 3.05) is 69.4 Å². The number of hydrogen-bond donors (Lipinski definition) is 3. The standard InChI is InChI=1S/C31H32F2N8O3S/c1-40-10-12-41(13-11-40)9-4-14-44-26-17-24-20(16-25(26)43-2)29(35-18-34-24)36-19-7-8-23-27(15-19)45-31(37-23)39-30(42)38-28-21(32)5-3-6-22(28)33/h3,5-8,15-18H,4,9-14H2,1-2H3,(H,34,35,36)(H2,37,38,39,42). The molecule has 6 rings (SSSR count). The van der Waals surface area contributed by atoms with Crippen LogP contribution in [0.25, 0.3) is 21.1 Å². The van der Waals surface area contributed by atoms with Crippen LogP contribution >= 0.6 is 11.3 Å². The predicted octanol–water partition coefficient (Wildman–Crippen LogP) is 5.93. The van der Waals surface area contributed by atoms with Crippen molar-refractivity contribution in [3.05, 3.63) is 66.5 Å². The van der Waals surface area contributed by atoms with Gasteiger partial charge < -0.3 is 29.9 Å². The Morgan fingerprint density at radius 1 is 0.978 bits per heavy atom. The van der Waals surface area contributed by atoms with Gasteiger partial charge in [-0.25, -0.2) is 28.5 Å². The number of aromatic nitrogens is 3. The van der Waals surface area contributed by atoms with E-state index < -0.39 is 23.4 Å². The average Bonchev–Trinajstić information content (AvgIpc) is 3.43. The van der Waals surface area contributed by atoms with Crippen molar-refractivity contribution >= 4 is 60.8 Å². The van der Waals surface area contributed by atoms with Gasteiger partial charge in [-0.2, -0.15) is 0 Å². The van der Waals surface area contributed by atoms with Gasteiger partial charge in [-0.15, -0.1) is 0 Å². The molecular weight excluding hydrogens is 602 g/mol. The SMILES string of the molecule is COc1cc2c(Nc3ccc4nc(NC(=O)Nc5c(F)cccc5F)sc4c3)ncnc2cc1OCCCN1CCN(C)CC1. The molecule has 2 aromatic heterocycles. The van der Waals surface area contributed by atoms with Crippen molar-refractivity contribution in [3.8, 4) is 11.5 Å². The Balaban J connectivity index is 1.12. The van der Waals surface area contributed by atoms with E-state index in [1.54, 1.807) is 13.2 Å². The molecule has 0 saturated carbocycles. The van der Waals surface area contributed by atoms with E-state index in [0.717, 1.165) is 67.1 Å². The third-order valence-electron chi connectivity index (χ3n) is 7.47. The number of nitrogens with one attached hydrogen (secondary N) is 3. The van der Waals surface area contributed by atoms with E-state index in [1.807, 2.05) is 24.3 Å². The third-order valence-corrected chi connectivity index (χ3v) is 8.40. The van der Waals surface area contributed by atoms with Gasteiger partial charge in [0.05, 0.1) is 29.5 Å². The lowest BCUT2D eigenvalue weighted by Gasteiger charge is -2.32. The van der Waals surface area contributed by atoms with E-state index in [9.17, 15) is 13.6 Å². The molecule has 1 saturated heterocycles. The zero-order valence-electron chi connectivity index (χ0n) is 24.8. The maximum absolute atomic E-state index is 13.9. The number of anilines is 4. The first kappa shape index (κ1) is 30.4. The summed E-state index contributed by atoms with van der Waals surface area (Å²) >= 11 is 1.21. The van der Waals surface area contributed by atoms with Crippen LogP contribution in [-0.4, -0.2) is 84.3 Å². The van der Waals surface area contributed by atoms with Crippen molar-refractivity contribution < 1.29 is 23.0 Å². The minimum Gasteiger partial charge on any atom is -0.493 e. The molecule has 0 atom stereocenters. The Morgan fingerprint density at radius 2 is 1.78 bits per heavy atom. The summed E-state index contributed by atoms with van der Waals surface area (Å²) in [6.45, 7) is 5.89. The highest BCUT2D eigenvalue weighted by Crippen LogP contribution is 2.36. The second-order valence-corrected chi connectivity index (χ2v) is 11.6. The summed E-state index contributed by atoms with van der Waals surface area (Å²) < 4.78 is 40.3. The first-order valence-electron chi connectivity index (χ1n) is 14.4. The number of fused-ring (bicyclic) bond motifs is 2. The largest absolute Gasteiger partial charge is 0.493 e. The van der Waals surface area contributed by atoms with Gasteiger partial charge in [-0.1, -0.05) is 17.4 Å². The molecule has 1 aliphatic rings. The minimum atomic E-state index is -0.875. The summed E-state index contributed by atoms with van der Waals surface area (Å²) in [5.74, 6) is 0.0393. The van der Waals surface area contributed by atoms with Crippen LogP contribution in [0.4, 0.5) is 35.9 Å². The number of piperazine rings is 1. The molecule has 3 aromatic carbocycles. The molecule has 11 nitrogen and oxygen atoms in total. The Hall–Kier alpha value is -4.66. The highest BCUT2D eigenvalue weighted by Gasteiger charge is 2.16. The number of ether oxygens (including phenoxy) is 2. The van der Waals surface area contributed by atoms with E-state index in [0.29, 0.717) is 35.0 Å². The molecular formula is C31H32F2N8O3S. The molecule has 2 amide bonds. The van der Waals surface area contributed by atoms with Gasteiger partial charge in [-0.3, -0.25) is 5.32 Å². The number of carbonyl (C=O) groups is 1. The fraction of sp³-hybridized carbons (Fsp3) is 0.290. The zero-order chi connectivity index (χ0) is 31.3. The van der Waals surface area contributed by atoms with Crippen molar-refractivity contribution in [1.29, 1.82) is 0 Å². The number of thiazole rings is 1. The van der Waals surface area contributed by atoms with E-state index in [4.69, 9.17) is 9.47 Å². The molecule has 14 heteroatoms. The van der Waals surface area contributed by atoms with Crippen LogP contribution in [0, 0.1) is 11.6 Å². The average molecular weight is 635 g/mol. The van der Waals surface area contributed by atoms with Crippen molar-refractivity contribution in [3.63, 3.8) is 0 Å². The highest BCUT2D eigenvalue weighted by molar-refractivity contribution is 7.22. The van der Waals surface area contributed by atoms with Crippen LogP contribution in [0.2, 0.25) is 0 Å². The zero-order valence-corrected chi connectivity index (χ0v) is 25.6. The number of benzene rings is 3. The van der Waals surface area contributed by atoms with Crippen LogP contribution in [0.3, 0.4) is 0 Å². The molecule has 0 radical (unpaired) electrons. The summed E-state index contributed by atoms with van der Waals surface area (Å²) in [6.07, 6.45) is 2.39. The normalized spacial score (nSPS) is 14.0. The maximum Gasteiger partial charge on any atom is 0.325 e. The number of urea groups is 1. The topological polar surface area (TPSA) is 117 Å². The van der Waals surface area contributed by atoms with Gasteiger partial charge in [-0.05, 0) is 49.9 Å². The second-order valence-electron chi connectivity index (χ2n) is 10.6. The fourth-order valence-electron chi connectivity index (χ4n) is 5.03. The number of carbonyl (C=O) groups excluding carboxylic acids is 1. The van der Waals surface area contributed by atoms with Gasteiger partial charge in [0.1, 0.15) is 29.5 Å². The number of rotatable bonds is 10. The van der Waals surface area contributed by atoms with Crippen molar-refractivity contribution in [1.82, 2.24) is 24.8 Å². The smallest absolute Gasteiger partial charge is 0.325 e. The summed E-state index contributed by atoms with van der Waals surface area (Å²) in [5.41, 5.74) is 1.54. The highest BCUT2D eigenvalue weighted by atomic mass is 32.1. The van der Waals surface area contributed by atoms with Crippen LogP contribution in [-0.2, 0) is 0 Å². The van der Waals surface area contributed by atoms with Crippen LogP contribution in [0.15, 0.2) is 54.9 Å². The molecule has 234 valence electrons. The molecule has 0 aliphatic carbocycles. The summed E-state index contributed by atoms with van der Waals surface area (Å²) in [7, 11) is 3.75. The van der Waals surface area contributed by atoms with E-state index in [1.165, 1.54) is 23.7 Å². The Bertz CT molecular complexity index is 1810. The van der Waals surface area contributed by atoms with Crippen LogP contribution in [0.1, 0.15) is 6.42 Å². The predicted molar refractivity (Wildman–Crippen MR) is 172 cm³/mol. The molecule has 1 aliphatic heterocycles. The molecule has 3 N–H and O–H groups in total. The van der Waals surface area contributed by atoms with Gasteiger partial charge in [0.25, 0.3) is 0 Å². The molecule has 0 spiro atoms. The van der Waals surface area contributed by atoms with Gasteiger partial charge in [0.2, 0.25) is 0 Å². The molecule has 0 unspecified atom stereocenters. The first-order chi connectivity index (χ1) is 21.9. The van der Waals surface area contributed by atoms with E-state index in [-0.39, 0.29) is 5.13 Å². The molecule has 1 fully saturated rings. The van der Waals surface area contributed by atoms with Gasteiger partial charge in [0, 0.05) is 49.9 Å². The Kier molecular flexibility index (Phi) is 9.14. The number of nitrogens with zero attached hydrogens (tertiary/aromatic N) is 5. The van der Waals surface area contributed by atoms with Crippen molar-refractivity contribution in [2.45, 2.75) is 6.42 Å². The van der Waals surface area contributed by atoms with Crippen molar-refractivity contribution in [2.24, 2.45) is 0 Å². The second kappa shape index (κ2) is 13.5. The molecule has 45 heavy (non-hydrogen) atoms. The van der Waals surface area contributed by atoms with E-state index in [2.05, 4.69) is 47.7 Å². The molecule has 3 heterocycles. The summed E-state index contributed by atoms with van der Waals surface area (Å²) in [6, 6.07) is 11.8. The monoisotopic (exact) mass is 634 g/mol. The lowest BCUT2D eigenvalue weighted by molar-refractivity contribution is 0.145. The fourth-order valence-corrected chi connectivity index (χ4v) is 5.93. The molecule has 0 bridgehead atoms. The lowest BCUT2D eigenvalue weighted by atomic mass is 10.2. The van der Waals surface area contributed by atoms with Gasteiger partial charge in [0.15, 0.2) is 16.6 Å². The van der Waals surface area contributed by atoms with Gasteiger partial charge >= 0.3 is 6.03 Å². The third kappa shape index (κ3) is 7.19. The summed E-state index contributed by atoms with van der Waals surface area (Å²) in [4.78, 5) is 30.5. The number of likely N-dealkylation sites (N-methyl/N-ethyl adjacent to an activating group) is 1. The minimum absolute atomic E-state index is 0.268. The number of amides is 2. The number of methoxy groups -OCH3 is 1.